The molecular weight excluding hydrogens is 360 g/mol. The predicted octanol–water partition coefficient (Wildman–Crippen LogP) is 5.24. The highest BCUT2D eigenvalue weighted by Crippen LogP contribution is 2.30. The molecule has 0 aliphatic heterocycles. The molecule has 142 valence electrons. The Kier molecular flexibility index (Phi) is 5.18. The maximum absolute atomic E-state index is 11.4. The fraction of sp³-hybridized carbons (Fsp3) is 0.0400. The highest BCUT2D eigenvalue weighted by atomic mass is 16.4. The van der Waals surface area contributed by atoms with Crippen molar-refractivity contribution in [3.05, 3.63) is 102 Å². The molecule has 0 amide bonds. The van der Waals surface area contributed by atoms with Crippen LogP contribution in [0.3, 0.4) is 0 Å². The molecule has 0 atom stereocenters. The standard InChI is InChI=1S/C25H20N2O2/c26-16-17-9-11-18(12-10-17)22-14-23(19-5-2-1-3-6-19)27-24(15-22)20-7-4-8-21(13-20)25(28)29/h1-15H,16,26H2,(H,28,29). The van der Waals surface area contributed by atoms with Crippen LogP contribution in [0.25, 0.3) is 33.6 Å². The molecule has 0 bridgehead atoms. The van der Waals surface area contributed by atoms with Gasteiger partial charge < -0.3 is 10.8 Å². The van der Waals surface area contributed by atoms with Crippen LogP contribution < -0.4 is 5.73 Å². The van der Waals surface area contributed by atoms with E-state index in [1.807, 2.05) is 66.7 Å². The van der Waals surface area contributed by atoms with E-state index in [0.29, 0.717) is 6.54 Å². The summed E-state index contributed by atoms with van der Waals surface area (Å²) >= 11 is 0. The summed E-state index contributed by atoms with van der Waals surface area (Å²) < 4.78 is 0. The first kappa shape index (κ1) is 18.6. The van der Waals surface area contributed by atoms with Crippen molar-refractivity contribution in [3.8, 4) is 33.6 Å². The van der Waals surface area contributed by atoms with Crippen molar-refractivity contribution < 1.29 is 9.90 Å². The Labute approximate surface area is 169 Å². The summed E-state index contributed by atoms with van der Waals surface area (Å²) in [6.07, 6.45) is 0. The molecule has 4 aromatic rings. The van der Waals surface area contributed by atoms with Gasteiger partial charge in [-0.25, -0.2) is 9.78 Å². The van der Waals surface area contributed by atoms with Gasteiger partial charge in [0.15, 0.2) is 0 Å². The summed E-state index contributed by atoms with van der Waals surface area (Å²) in [7, 11) is 0. The largest absolute Gasteiger partial charge is 0.478 e. The number of benzene rings is 3. The molecule has 0 aliphatic carbocycles. The lowest BCUT2D eigenvalue weighted by Crippen LogP contribution is -1.97. The Morgan fingerprint density at radius 2 is 1.38 bits per heavy atom. The average Bonchev–Trinajstić information content (AvgIpc) is 2.79. The van der Waals surface area contributed by atoms with Gasteiger partial charge in [0, 0.05) is 17.7 Å². The van der Waals surface area contributed by atoms with Gasteiger partial charge in [-0.2, -0.15) is 0 Å². The molecule has 3 aromatic carbocycles. The number of carboxylic acid groups (broad SMARTS) is 1. The third-order valence-corrected chi connectivity index (χ3v) is 4.82. The highest BCUT2D eigenvalue weighted by Gasteiger charge is 2.11. The van der Waals surface area contributed by atoms with Crippen LogP contribution >= 0.6 is 0 Å². The second kappa shape index (κ2) is 8.09. The van der Waals surface area contributed by atoms with Gasteiger partial charge in [-0.15, -0.1) is 0 Å². The smallest absolute Gasteiger partial charge is 0.335 e. The molecule has 29 heavy (non-hydrogen) atoms. The van der Waals surface area contributed by atoms with E-state index in [-0.39, 0.29) is 5.56 Å². The molecule has 1 aromatic heterocycles. The summed E-state index contributed by atoms with van der Waals surface area (Å²) in [5.74, 6) is -0.955. The molecule has 0 fully saturated rings. The van der Waals surface area contributed by atoms with Crippen LogP contribution in [0.1, 0.15) is 15.9 Å². The highest BCUT2D eigenvalue weighted by molar-refractivity contribution is 5.89. The van der Waals surface area contributed by atoms with Crippen LogP contribution in [0, 0.1) is 0 Å². The number of pyridine rings is 1. The first-order valence-corrected chi connectivity index (χ1v) is 9.34. The molecule has 4 rings (SSSR count). The van der Waals surface area contributed by atoms with Crippen LogP contribution in [-0.2, 0) is 6.54 Å². The third kappa shape index (κ3) is 4.08. The van der Waals surface area contributed by atoms with Crippen LogP contribution in [0.5, 0.6) is 0 Å². The maximum atomic E-state index is 11.4. The second-order valence-electron chi connectivity index (χ2n) is 6.78. The molecule has 0 spiro atoms. The van der Waals surface area contributed by atoms with Crippen molar-refractivity contribution in [2.75, 3.05) is 0 Å². The van der Waals surface area contributed by atoms with Gasteiger partial charge in [0.1, 0.15) is 0 Å². The lowest BCUT2D eigenvalue weighted by molar-refractivity contribution is 0.0697. The number of hydrogen-bond acceptors (Lipinski definition) is 3. The topological polar surface area (TPSA) is 76.2 Å². The van der Waals surface area contributed by atoms with E-state index in [2.05, 4.69) is 6.07 Å². The Morgan fingerprint density at radius 3 is 2.03 bits per heavy atom. The Balaban J connectivity index is 1.88. The van der Waals surface area contributed by atoms with Crippen LogP contribution in [0.2, 0.25) is 0 Å². The molecule has 4 heteroatoms. The first-order valence-electron chi connectivity index (χ1n) is 9.34. The first-order chi connectivity index (χ1) is 14.1. The molecule has 4 nitrogen and oxygen atoms in total. The van der Waals surface area contributed by atoms with Crippen LogP contribution in [0.4, 0.5) is 0 Å². The number of aromatic nitrogens is 1. The lowest BCUT2D eigenvalue weighted by Gasteiger charge is -2.11. The van der Waals surface area contributed by atoms with Gasteiger partial charge in [-0.3, -0.25) is 0 Å². The number of carboxylic acids is 1. The lowest BCUT2D eigenvalue weighted by atomic mass is 9.98. The summed E-state index contributed by atoms with van der Waals surface area (Å²) in [6, 6.07) is 29.0. The van der Waals surface area contributed by atoms with E-state index in [1.165, 1.54) is 0 Å². The van der Waals surface area contributed by atoms with E-state index in [1.54, 1.807) is 18.2 Å². The zero-order valence-electron chi connectivity index (χ0n) is 15.7. The summed E-state index contributed by atoms with van der Waals surface area (Å²) in [4.78, 5) is 16.2. The van der Waals surface area contributed by atoms with E-state index >= 15 is 0 Å². The van der Waals surface area contributed by atoms with Crippen LogP contribution in [-0.4, -0.2) is 16.1 Å². The fourth-order valence-electron chi connectivity index (χ4n) is 3.25. The molecule has 0 radical (unpaired) electrons. The quantitative estimate of drug-likeness (QED) is 0.496. The maximum Gasteiger partial charge on any atom is 0.335 e. The molecule has 3 N–H and O–H groups in total. The molecule has 0 aliphatic rings. The minimum atomic E-state index is -0.955. The van der Waals surface area contributed by atoms with Crippen molar-refractivity contribution in [2.24, 2.45) is 5.73 Å². The zero-order valence-corrected chi connectivity index (χ0v) is 15.7. The van der Waals surface area contributed by atoms with Gasteiger partial charge >= 0.3 is 5.97 Å². The number of hydrogen-bond donors (Lipinski definition) is 2. The van der Waals surface area contributed by atoms with Crippen molar-refractivity contribution >= 4 is 5.97 Å². The average molecular weight is 380 g/mol. The second-order valence-corrected chi connectivity index (χ2v) is 6.78. The summed E-state index contributed by atoms with van der Waals surface area (Å²) in [5, 5.41) is 9.34. The molecule has 0 unspecified atom stereocenters. The molecular formula is C25H20N2O2. The van der Waals surface area contributed by atoms with Crippen LogP contribution in [0.15, 0.2) is 91.0 Å². The number of aromatic carboxylic acids is 1. The minimum Gasteiger partial charge on any atom is -0.478 e. The Bertz CT molecular complexity index is 1150. The van der Waals surface area contributed by atoms with E-state index < -0.39 is 5.97 Å². The van der Waals surface area contributed by atoms with Crippen molar-refractivity contribution in [1.82, 2.24) is 4.98 Å². The number of nitrogens with two attached hydrogens (primary N) is 1. The number of nitrogens with zero attached hydrogens (tertiary/aromatic N) is 1. The molecule has 0 saturated carbocycles. The Morgan fingerprint density at radius 1 is 0.724 bits per heavy atom. The normalized spacial score (nSPS) is 10.7. The van der Waals surface area contributed by atoms with E-state index in [4.69, 9.17) is 10.7 Å². The van der Waals surface area contributed by atoms with Gasteiger partial charge in [0.05, 0.1) is 17.0 Å². The Hall–Kier alpha value is -3.76. The number of carbonyl (C=O) groups is 1. The van der Waals surface area contributed by atoms with Gasteiger partial charge in [0.2, 0.25) is 0 Å². The third-order valence-electron chi connectivity index (χ3n) is 4.82. The van der Waals surface area contributed by atoms with E-state index in [9.17, 15) is 9.90 Å². The SMILES string of the molecule is NCc1ccc(-c2cc(-c3ccccc3)nc(-c3cccc(C(=O)O)c3)c2)cc1. The van der Waals surface area contributed by atoms with E-state index in [0.717, 1.165) is 39.2 Å². The summed E-state index contributed by atoms with van der Waals surface area (Å²) in [5.41, 5.74) is 12.4. The fourth-order valence-corrected chi connectivity index (χ4v) is 3.25. The summed E-state index contributed by atoms with van der Waals surface area (Å²) in [6.45, 7) is 0.499. The monoisotopic (exact) mass is 380 g/mol. The van der Waals surface area contributed by atoms with Crippen molar-refractivity contribution in [2.45, 2.75) is 6.54 Å². The van der Waals surface area contributed by atoms with Crippen molar-refractivity contribution in [3.63, 3.8) is 0 Å². The number of rotatable bonds is 5. The molecule has 0 saturated heterocycles. The van der Waals surface area contributed by atoms with Gasteiger partial charge in [-0.05, 0) is 41.0 Å². The predicted molar refractivity (Wildman–Crippen MR) is 115 cm³/mol. The minimum absolute atomic E-state index is 0.239. The van der Waals surface area contributed by atoms with Gasteiger partial charge in [-0.1, -0.05) is 66.7 Å². The molecule has 1 heterocycles. The zero-order chi connectivity index (χ0) is 20.2. The van der Waals surface area contributed by atoms with Gasteiger partial charge in [0.25, 0.3) is 0 Å². The van der Waals surface area contributed by atoms with Crippen molar-refractivity contribution in [1.29, 1.82) is 0 Å².